The Bertz CT molecular complexity index is 825. The normalized spacial score (nSPS) is 32.1. The van der Waals surface area contributed by atoms with Gasteiger partial charge in [0, 0.05) is 38.2 Å². The molecule has 4 heteroatoms. The number of Topliss-reactive ketones (excluding diaryl/α,β-unsaturated/α-hetero) is 1. The van der Waals surface area contributed by atoms with Gasteiger partial charge in [0.05, 0.1) is 5.56 Å². The Balaban J connectivity index is 1.69. The van der Waals surface area contributed by atoms with Crippen molar-refractivity contribution in [2.45, 2.75) is 51.4 Å². The lowest BCUT2D eigenvalue weighted by molar-refractivity contribution is -0.129. The highest BCUT2D eigenvalue weighted by Crippen LogP contribution is 2.59. The van der Waals surface area contributed by atoms with Gasteiger partial charge in [-0.05, 0) is 73.1 Å². The van der Waals surface area contributed by atoms with E-state index in [-0.39, 0.29) is 16.9 Å². The lowest BCUT2D eigenvalue weighted by Crippen LogP contribution is -2.42. The molecule has 0 spiro atoms. The number of carbonyl (C=O) groups excluding carboxylic acids is 2. The van der Waals surface area contributed by atoms with Crippen LogP contribution in [0, 0.1) is 17.3 Å². The van der Waals surface area contributed by atoms with E-state index in [0.717, 1.165) is 38.5 Å². The molecule has 1 aromatic carbocycles. The molecule has 3 aliphatic carbocycles. The first-order valence-electron chi connectivity index (χ1n) is 10.1. The highest BCUT2D eigenvalue weighted by molar-refractivity contribution is 6.06. The molecule has 0 bridgehead atoms. The first-order valence-corrected chi connectivity index (χ1v) is 10.1. The van der Waals surface area contributed by atoms with Crippen molar-refractivity contribution < 1.29 is 14.7 Å². The Labute approximate surface area is 161 Å². The number of carbonyl (C=O) groups is 2. The molecule has 2 fully saturated rings. The summed E-state index contributed by atoms with van der Waals surface area (Å²) in [6.45, 7) is 2.18. The van der Waals surface area contributed by atoms with Gasteiger partial charge in [0.2, 0.25) is 0 Å². The number of ketones is 2. The Morgan fingerprint density at radius 3 is 2.74 bits per heavy atom. The van der Waals surface area contributed by atoms with Crippen LogP contribution in [0.15, 0.2) is 24.4 Å². The molecule has 0 aromatic heterocycles. The number of nitrogens with zero attached hydrogens (tertiary/aromatic N) is 1. The average Bonchev–Trinajstić information content (AvgIpc) is 2.94. The van der Waals surface area contributed by atoms with Crippen molar-refractivity contribution in [3.8, 4) is 5.75 Å². The second kappa shape index (κ2) is 6.50. The first kappa shape index (κ1) is 18.3. The van der Waals surface area contributed by atoms with Crippen LogP contribution in [-0.4, -0.2) is 35.7 Å². The third-order valence-electron chi connectivity index (χ3n) is 7.34. The summed E-state index contributed by atoms with van der Waals surface area (Å²) < 4.78 is 0. The summed E-state index contributed by atoms with van der Waals surface area (Å²) in [7, 11) is 3.73. The van der Waals surface area contributed by atoms with Crippen LogP contribution in [0.3, 0.4) is 0 Å². The van der Waals surface area contributed by atoms with Crippen LogP contribution < -0.4 is 0 Å². The van der Waals surface area contributed by atoms with E-state index >= 15 is 0 Å². The summed E-state index contributed by atoms with van der Waals surface area (Å²) in [5.41, 5.74) is 2.66. The van der Waals surface area contributed by atoms with Gasteiger partial charge in [0.25, 0.3) is 0 Å². The SMILES string of the molecule is CN(C)C=CC(=O)c1cc2c(cc1O)CC[C@@H]1[C@@H]2CC[C@@]2(C)C(=O)CC[C@@H]12. The maximum atomic E-state index is 12.6. The highest BCUT2D eigenvalue weighted by Gasteiger charge is 2.54. The van der Waals surface area contributed by atoms with Crippen LogP contribution in [0.2, 0.25) is 0 Å². The zero-order chi connectivity index (χ0) is 19.3. The van der Waals surface area contributed by atoms with Crippen molar-refractivity contribution in [1.29, 1.82) is 0 Å². The molecule has 0 amide bonds. The van der Waals surface area contributed by atoms with Crippen LogP contribution in [0.25, 0.3) is 0 Å². The summed E-state index contributed by atoms with van der Waals surface area (Å²) in [6, 6.07) is 3.74. The molecule has 0 saturated heterocycles. The van der Waals surface area contributed by atoms with Crippen molar-refractivity contribution in [2.75, 3.05) is 14.1 Å². The number of hydrogen-bond donors (Lipinski definition) is 1. The fourth-order valence-corrected chi connectivity index (χ4v) is 5.88. The minimum absolute atomic E-state index is 0.0808. The highest BCUT2D eigenvalue weighted by atomic mass is 16.3. The van der Waals surface area contributed by atoms with Gasteiger partial charge in [-0.2, -0.15) is 0 Å². The topological polar surface area (TPSA) is 57.6 Å². The zero-order valence-corrected chi connectivity index (χ0v) is 16.5. The third-order valence-corrected chi connectivity index (χ3v) is 7.34. The lowest BCUT2D eigenvalue weighted by atomic mass is 9.55. The minimum Gasteiger partial charge on any atom is -0.507 e. The Hall–Kier alpha value is -2.10. The predicted molar refractivity (Wildman–Crippen MR) is 105 cm³/mol. The molecule has 4 atom stereocenters. The van der Waals surface area contributed by atoms with Crippen molar-refractivity contribution in [3.63, 3.8) is 0 Å². The number of hydrogen-bond acceptors (Lipinski definition) is 4. The summed E-state index contributed by atoms with van der Waals surface area (Å²) in [6.07, 6.45) is 8.91. The molecule has 27 heavy (non-hydrogen) atoms. The second-order valence-electron chi connectivity index (χ2n) is 9.05. The molecule has 4 nitrogen and oxygen atoms in total. The fourth-order valence-electron chi connectivity index (χ4n) is 5.88. The lowest BCUT2D eigenvalue weighted by Gasteiger charge is -2.48. The Kier molecular flexibility index (Phi) is 4.40. The molecule has 1 N–H and O–H groups in total. The Morgan fingerprint density at radius 1 is 1.22 bits per heavy atom. The average molecular weight is 367 g/mol. The molecular formula is C23H29NO3. The van der Waals surface area contributed by atoms with Gasteiger partial charge < -0.3 is 10.0 Å². The van der Waals surface area contributed by atoms with Gasteiger partial charge in [0.15, 0.2) is 5.78 Å². The summed E-state index contributed by atoms with van der Waals surface area (Å²) in [5, 5.41) is 10.4. The van der Waals surface area contributed by atoms with E-state index in [1.165, 1.54) is 17.2 Å². The van der Waals surface area contributed by atoms with Crippen molar-refractivity contribution in [1.82, 2.24) is 4.90 Å². The van der Waals surface area contributed by atoms with Crippen LogP contribution in [0.5, 0.6) is 5.75 Å². The molecule has 1 aromatic rings. The van der Waals surface area contributed by atoms with Crippen molar-refractivity contribution in [3.05, 3.63) is 41.1 Å². The van der Waals surface area contributed by atoms with Gasteiger partial charge >= 0.3 is 0 Å². The summed E-state index contributed by atoms with van der Waals surface area (Å²) >= 11 is 0. The Morgan fingerprint density at radius 2 is 2.00 bits per heavy atom. The smallest absolute Gasteiger partial charge is 0.191 e. The maximum Gasteiger partial charge on any atom is 0.191 e. The number of phenolic OH excluding ortho intramolecular Hbond substituents is 1. The number of fused-ring (bicyclic) bond motifs is 5. The largest absolute Gasteiger partial charge is 0.507 e. The molecule has 144 valence electrons. The van der Waals surface area contributed by atoms with Crippen LogP contribution in [-0.2, 0) is 11.2 Å². The van der Waals surface area contributed by atoms with Crippen molar-refractivity contribution in [2.24, 2.45) is 17.3 Å². The summed E-state index contributed by atoms with van der Waals surface area (Å²) in [4.78, 5) is 26.9. The van der Waals surface area contributed by atoms with Crippen LogP contribution >= 0.6 is 0 Å². The van der Waals surface area contributed by atoms with E-state index in [1.807, 2.05) is 25.1 Å². The third kappa shape index (κ3) is 2.90. The molecule has 2 saturated carbocycles. The van der Waals surface area contributed by atoms with E-state index in [9.17, 15) is 14.7 Å². The van der Waals surface area contributed by atoms with E-state index in [0.29, 0.717) is 29.1 Å². The molecule has 3 aliphatic rings. The molecular weight excluding hydrogens is 338 g/mol. The molecule has 4 rings (SSSR count). The van der Waals surface area contributed by atoms with Gasteiger partial charge in [-0.1, -0.05) is 6.92 Å². The summed E-state index contributed by atoms with van der Waals surface area (Å²) in [5.74, 6) is 1.76. The number of aryl methyl sites for hydroxylation is 1. The monoisotopic (exact) mass is 367 g/mol. The van der Waals surface area contributed by atoms with Gasteiger partial charge in [-0.3, -0.25) is 9.59 Å². The second-order valence-corrected chi connectivity index (χ2v) is 9.05. The van der Waals surface area contributed by atoms with Crippen molar-refractivity contribution >= 4 is 11.6 Å². The van der Waals surface area contributed by atoms with E-state index in [2.05, 4.69) is 6.92 Å². The quantitative estimate of drug-likeness (QED) is 0.646. The van der Waals surface area contributed by atoms with E-state index in [4.69, 9.17) is 0 Å². The van der Waals surface area contributed by atoms with Crippen LogP contribution in [0.4, 0.5) is 0 Å². The van der Waals surface area contributed by atoms with Crippen LogP contribution in [0.1, 0.15) is 66.4 Å². The van der Waals surface area contributed by atoms with E-state index < -0.39 is 0 Å². The number of aromatic hydroxyl groups is 1. The van der Waals surface area contributed by atoms with Gasteiger partial charge in [-0.15, -0.1) is 0 Å². The number of benzene rings is 1. The first-order chi connectivity index (χ1) is 12.8. The molecule has 0 aliphatic heterocycles. The predicted octanol–water partition coefficient (Wildman–Crippen LogP) is 4.08. The molecule has 0 unspecified atom stereocenters. The fraction of sp³-hybridized carbons (Fsp3) is 0.565. The molecule has 0 heterocycles. The number of phenols is 1. The van der Waals surface area contributed by atoms with Gasteiger partial charge in [0.1, 0.15) is 11.5 Å². The molecule has 0 radical (unpaired) electrons. The minimum atomic E-state index is -0.164. The van der Waals surface area contributed by atoms with Gasteiger partial charge in [-0.25, -0.2) is 0 Å². The maximum absolute atomic E-state index is 12.6. The standard InChI is InChI=1S/C23H29NO3/c1-23-10-8-15-16(19(23)6-7-22(23)27)5-4-14-12-21(26)18(13-17(14)15)20(25)9-11-24(2)3/h9,11-13,15-16,19,26H,4-8,10H2,1-3H3/t15-,16+,19-,23+/m0/s1. The zero-order valence-electron chi connectivity index (χ0n) is 16.5. The number of rotatable bonds is 3. The van der Waals surface area contributed by atoms with E-state index in [1.54, 1.807) is 12.3 Å². The number of allylic oxidation sites excluding steroid dienone is 1.